The van der Waals surface area contributed by atoms with E-state index in [9.17, 15) is 0 Å². The highest BCUT2D eigenvalue weighted by Crippen LogP contribution is 2.30. The number of nitrogens with one attached hydrogen (secondary N) is 1. The Kier molecular flexibility index (Phi) is 4.14. The molecular formula is C23H19N. The van der Waals surface area contributed by atoms with Gasteiger partial charge in [-0.25, -0.2) is 0 Å². The zero-order chi connectivity index (χ0) is 16.2. The maximum absolute atomic E-state index is 3.66. The third kappa shape index (κ3) is 2.97. The van der Waals surface area contributed by atoms with Gasteiger partial charge in [0.15, 0.2) is 0 Å². The Morgan fingerprint density at radius 1 is 0.708 bits per heavy atom. The standard InChI is InChI=1S/C23H19N/c1-2-8-18(9-3-1)14-15-19-10-4-6-12-21(19)23-22-13-7-5-11-20(22)16-17-24-23/h1-13,23-24H,16-17H2. The average molecular weight is 309 g/mol. The van der Waals surface area contributed by atoms with Gasteiger partial charge in [-0.1, -0.05) is 72.5 Å². The molecule has 3 aromatic rings. The van der Waals surface area contributed by atoms with E-state index in [1.165, 1.54) is 16.7 Å². The van der Waals surface area contributed by atoms with Gasteiger partial charge in [-0.15, -0.1) is 0 Å². The summed E-state index contributed by atoms with van der Waals surface area (Å²) in [5.74, 6) is 6.65. The van der Waals surface area contributed by atoms with Gasteiger partial charge in [-0.3, -0.25) is 0 Å². The topological polar surface area (TPSA) is 12.0 Å². The lowest BCUT2D eigenvalue weighted by atomic mass is 9.88. The number of benzene rings is 3. The minimum absolute atomic E-state index is 0.219. The molecule has 1 heterocycles. The molecule has 0 amide bonds. The van der Waals surface area contributed by atoms with Crippen molar-refractivity contribution >= 4 is 0 Å². The highest BCUT2D eigenvalue weighted by atomic mass is 14.9. The van der Waals surface area contributed by atoms with E-state index in [0.717, 1.165) is 24.1 Å². The smallest absolute Gasteiger partial charge is 0.0591 e. The van der Waals surface area contributed by atoms with Crippen molar-refractivity contribution in [3.63, 3.8) is 0 Å². The van der Waals surface area contributed by atoms with Crippen LogP contribution in [0.3, 0.4) is 0 Å². The fourth-order valence-electron chi connectivity index (χ4n) is 3.31. The predicted octanol–water partition coefficient (Wildman–Crippen LogP) is 4.32. The molecule has 1 aliphatic heterocycles. The highest BCUT2D eigenvalue weighted by Gasteiger charge is 2.22. The van der Waals surface area contributed by atoms with Crippen molar-refractivity contribution in [2.24, 2.45) is 0 Å². The van der Waals surface area contributed by atoms with Crippen LogP contribution in [0.25, 0.3) is 0 Å². The van der Waals surface area contributed by atoms with Crippen LogP contribution in [0.5, 0.6) is 0 Å². The van der Waals surface area contributed by atoms with E-state index in [2.05, 4.69) is 65.7 Å². The van der Waals surface area contributed by atoms with Crippen molar-refractivity contribution in [3.8, 4) is 11.8 Å². The Labute approximate surface area is 143 Å². The van der Waals surface area contributed by atoms with Crippen molar-refractivity contribution in [2.75, 3.05) is 6.54 Å². The molecule has 3 aromatic carbocycles. The minimum Gasteiger partial charge on any atom is -0.306 e. The molecular weight excluding hydrogens is 290 g/mol. The molecule has 1 unspecified atom stereocenters. The number of fused-ring (bicyclic) bond motifs is 1. The molecule has 4 rings (SSSR count). The van der Waals surface area contributed by atoms with Gasteiger partial charge in [0.05, 0.1) is 6.04 Å². The zero-order valence-electron chi connectivity index (χ0n) is 13.5. The van der Waals surface area contributed by atoms with Gasteiger partial charge in [-0.05, 0) is 41.3 Å². The van der Waals surface area contributed by atoms with E-state index < -0.39 is 0 Å². The Bertz CT molecular complexity index is 900. The van der Waals surface area contributed by atoms with Crippen molar-refractivity contribution in [2.45, 2.75) is 12.5 Å². The Hall–Kier alpha value is -2.82. The molecule has 24 heavy (non-hydrogen) atoms. The summed E-state index contributed by atoms with van der Waals surface area (Å²) in [6, 6.07) is 27.6. The lowest BCUT2D eigenvalue weighted by Gasteiger charge is -2.28. The number of rotatable bonds is 1. The van der Waals surface area contributed by atoms with Crippen molar-refractivity contribution in [3.05, 3.63) is 107 Å². The van der Waals surface area contributed by atoms with E-state index in [0.29, 0.717) is 0 Å². The maximum Gasteiger partial charge on any atom is 0.0591 e. The molecule has 1 heteroatoms. The van der Waals surface area contributed by atoms with Gasteiger partial charge in [0.2, 0.25) is 0 Å². The zero-order valence-corrected chi connectivity index (χ0v) is 13.5. The first-order valence-electron chi connectivity index (χ1n) is 8.39. The van der Waals surface area contributed by atoms with E-state index in [-0.39, 0.29) is 6.04 Å². The first-order chi connectivity index (χ1) is 11.9. The van der Waals surface area contributed by atoms with Gasteiger partial charge in [-0.2, -0.15) is 0 Å². The first kappa shape index (κ1) is 14.8. The molecule has 1 N–H and O–H groups in total. The summed E-state index contributed by atoms with van der Waals surface area (Å²) < 4.78 is 0. The molecule has 0 aromatic heterocycles. The van der Waals surface area contributed by atoms with Crippen LogP contribution in [0.1, 0.15) is 33.9 Å². The summed E-state index contributed by atoms with van der Waals surface area (Å²) in [6.45, 7) is 1.00. The van der Waals surface area contributed by atoms with E-state index in [1.807, 2.05) is 30.3 Å². The van der Waals surface area contributed by atoms with Gasteiger partial charge in [0.25, 0.3) is 0 Å². The van der Waals surface area contributed by atoms with E-state index in [4.69, 9.17) is 0 Å². The van der Waals surface area contributed by atoms with E-state index in [1.54, 1.807) is 0 Å². The Morgan fingerprint density at radius 2 is 1.42 bits per heavy atom. The summed E-state index contributed by atoms with van der Waals surface area (Å²) in [5.41, 5.74) is 6.21. The van der Waals surface area contributed by atoms with Gasteiger partial charge in [0.1, 0.15) is 0 Å². The van der Waals surface area contributed by atoms with Crippen LogP contribution in [0, 0.1) is 11.8 Å². The molecule has 0 fully saturated rings. The number of hydrogen-bond acceptors (Lipinski definition) is 1. The molecule has 1 aliphatic rings. The predicted molar refractivity (Wildman–Crippen MR) is 98.9 cm³/mol. The first-order valence-corrected chi connectivity index (χ1v) is 8.39. The molecule has 0 bridgehead atoms. The normalized spacial score (nSPS) is 15.9. The summed E-state index contributed by atoms with van der Waals surface area (Å²) in [7, 11) is 0. The second-order valence-electron chi connectivity index (χ2n) is 6.04. The third-order valence-corrected chi connectivity index (χ3v) is 4.50. The lowest BCUT2D eigenvalue weighted by Crippen LogP contribution is -2.31. The van der Waals surface area contributed by atoms with Crippen LogP contribution in [0.4, 0.5) is 0 Å². The quantitative estimate of drug-likeness (QED) is 0.660. The second-order valence-corrected chi connectivity index (χ2v) is 6.04. The Morgan fingerprint density at radius 3 is 2.29 bits per heavy atom. The molecule has 116 valence electrons. The summed E-state index contributed by atoms with van der Waals surface area (Å²) in [5, 5.41) is 3.66. The molecule has 1 atom stereocenters. The van der Waals surface area contributed by atoms with Gasteiger partial charge < -0.3 is 5.32 Å². The molecule has 0 spiro atoms. The van der Waals surface area contributed by atoms with E-state index >= 15 is 0 Å². The van der Waals surface area contributed by atoms with Crippen LogP contribution in [-0.4, -0.2) is 6.54 Å². The maximum atomic E-state index is 3.66. The molecule has 0 radical (unpaired) electrons. The van der Waals surface area contributed by atoms with Crippen molar-refractivity contribution in [1.82, 2.24) is 5.32 Å². The fraction of sp³-hybridized carbons (Fsp3) is 0.130. The summed E-state index contributed by atoms with van der Waals surface area (Å²) in [6.07, 6.45) is 1.09. The summed E-state index contributed by atoms with van der Waals surface area (Å²) >= 11 is 0. The van der Waals surface area contributed by atoms with Crippen LogP contribution >= 0.6 is 0 Å². The largest absolute Gasteiger partial charge is 0.306 e. The lowest BCUT2D eigenvalue weighted by molar-refractivity contribution is 0.567. The van der Waals surface area contributed by atoms with Gasteiger partial charge in [0, 0.05) is 17.7 Å². The average Bonchev–Trinajstić information content (AvgIpc) is 2.67. The van der Waals surface area contributed by atoms with Crippen LogP contribution in [0.2, 0.25) is 0 Å². The minimum atomic E-state index is 0.219. The molecule has 0 saturated heterocycles. The molecule has 1 nitrogen and oxygen atoms in total. The molecule has 0 saturated carbocycles. The highest BCUT2D eigenvalue weighted by molar-refractivity contribution is 5.51. The van der Waals surface area contributed by atoms with Crippen molar-refractivity contribution < 1.29 is 0 Å². The second kappa shape index (κ2) is 6.74. The Balaban J connectivity index is 1.75. The summed E-state index contributed by atoms with van der Waals surface area (Å²) in [4.78, 5) is 0. The van der Waals surface area contributed by atoms with Gasteiger partial charge >= 0.3 is 0 Å². The SMILES string of the molecule is C(#Cc1ccccc1C1NCCc2ccccc21)c1ccccc1. The third-order valence-electron chi connectivity index (χ3n) is 4.50. The number of hydrogen-bond donors (Lipinski definition) is 1. The van der Waals surface area contributed by atoms with Crippen LogP contribution in [-0.2, 0) is 6.42 Å². The molecule has 0 aliphatic carbocycles. The monoisotopic (exact) mass is 309 g/mol. The van der Waals surface area contributed by atoms with Crippen LogP contribution < -0.4 is 5.32 Å². The fourth-order valence-corrected chi connectivity index (χ4v) is 3.31. The van der Waals surface area contributed by atoms with Crippen LogP contribution in [0.15, 0.2) is 78.9 Å². The van der Waals surface area contributed by atoms with Crippen molar-refractivity contribution in [1.29, 1.82) is 0 Å².